The maximum Gasteiger partial charge on any atom is 0.122 e. The molecule has 15 heavy (non-hydrogen) atoms. The second-order valence-electron chi connectivity index (χ2n) is 3.81. The molecule has 1 fully saturated rings. The lowest BCUT2D eigenvalue weighted by molar-refractivity contribution is 0.210. The first kappa shape index (κ1) is 10.5. The fourth-order valence-corrected chi connectivity index (χ4v) is 2.37. The van der Waals surface area contributed by atoms with Gasteiger partial charge in [-0.3, -0.25) is 0 Å². The van der Waals surface area contributed by atoms with Crippen LogP contribution in [0.3, 0.4) is 0 Å². The summed E-state index contributed by atoms with van der Waals surface area (Å²) in [4.78, 5) is 0. The van der Waals surface area contributed by atoms with E-state index in [1.165, 1.54) is 12.8 Å². The number of hydrogen-bond acceptors (Lipinski definition) is 2. The summed E-state index contributed by atoms with van der Waals surface area (Å²) in [5.41, 5.74) is 0.636. The van der Waals surface area contributed by atoms with Crippen LogP contribution in [0.2, 0.25) is 0 Å². The topological polar surface area (TPSA) is 33.0 Å². The van der Waals surface area contributed by atoms with Crippen LogP contribution in [0.25, 0.3) is 0 Å². The lowest BCUT2D eigenvalue weighted by Crippen LogP contribution is -2.10. The Morgan fingerprint density at radius 2 is 2.00 bits per heavy atom. The first-order valence-electron chi connectivity index (χ1n) is 5.15. The van der Waals surface area contributed by atoms with Gasteiger partial charge in [0.1, 0.15) is 5.75 Å². The van der Waals surface area contributed by atoms with Gasteiger partial charge in [-0.05, 0) is 43.9 Å². The lowest BCUT2D eigenvalue weighted by Gasteiger charge is -2.13. The molecular formula is C12H12BrNO. The summed E-state index contributed by atoms with van der Waals surface area (Å²) < 4.78 is 6.72. The largest absolute Gasteiger partial charge is 0.490 e. The van der Waals surface area contributed by atoms with Crippen molar-refractivity contribution in [2.24, 2.45) is 0 Å². The van der Waals surface area contributed by atoms with Gasteiger partial charge in [0.15, 0.2) is 0 Å². The summed E-state index contributed by atoms with van der Waals surface area (Å²) in [6.45, 7) is 0. The average molecular weight is 266 g/mol. The minimum absolute atomic E-state index is 0.339. The Morgan fingerprint density at radius 1 is 1.27 bits per heavy atom. The fourth-order valence-electron chi connectivity index (χ4n) is 1.89. The van der Waals surface area contributed by atoms with Crippen LogP contribution in [0.1, 0.15) is 31.2 Å². The summed E-state index contributed by atoms with van der Waals surface area (Å²) in [6.07, 6.45) is 5.11. The summed E-state index contributed by atoms with van der Waals surface area (Å²) in [5, 5.41) is 8.82. The molecule has 2 rings (SSSR count). The van der Waals surface area contributed by atoms with E-state index in [4.69, 9.17) is 10.00 Å². The Bertz CT molecular complexity index is 391. The Hall–Kier alpha value is -1.01. The van der Waals surface area contributed by atoms with Crippen LogP contribution >= 0.6 is 15.9 Å². The van der Waals surface area contributed by atoms with Gasteiger partial charge >= 0.3 is 0 Å². The minimum atomic E-state index is 0.339. The van der Waals surface area contributed by atoms with Crippen LogP contribution in [0.5, 0.6) is 5.75 Å². The van der Waals surface area contributed by atoms with E-state index in [0.717, 1.165) is 23.1 Å². The van der Waals surface area contributed by atoms with Gasteiger partial charge in [0.25, 0.3) is 0 Å². The zero-order valence-electron chi connectivity index (χ0n) is 8.37. The van der Waals surface area contributed by atoms with E-state index in [2.05, 4.69) is 22.0 Å². The van der Waals surface area contributed by atoms with Crippen LogP contribution in [0, 0.1) is 11.3 Å². The van der Waals surface area contributed by atoms with Crippen molar-refractivity contribution < 1.29 is 4.74 Å². The van der Waals surface area contributed by atoms with Crippen LogP contribution in [0.4, 0.5) is 0 Å². The lowest BCUT2D eigenvalue weighted by atomic mass is 10.2. The van der Waals surface area contributed by atoms with Crippen LogP contribution < -0.4 is 4.74 Å². The van der Waals surface area contributed by atoms with Gasteiger partial charge in [-0.15, -0.1) is 0 Å². The molecule has 0 heterocycles. The summed E-state index contributed by atoms with van der Waals surface area (Å²) >= 11 is 3.37. The van der Waals surface area contributed by atoms with Crippen molar-refractivity contribution >= 4 is 15.9 Å². The maximum atomic E-state index is 8.82. The predicted molar refractivity (Wildman–Crippen MR) is 61.7 cm³/mol. The van der Waals surface area contributed by atoms with Crippen molar-refractivity contribution in [3.8, 4) is 11.8 Å². The molecular weight excluding hydrogens is 254 g/mol. The molecule has 1 aliphatic rings. The molecule has 0 aromatic heterocycles. The number of nitrogens with zero attached hydrogens (tertiary/aromatic N) is 1. The molecule has 1 saturated carbocycles. The molecule has 0 saturated heterocycles. The van der Waals surface area contributed by atoms with Gasteiger partial charge in [0.05, 0.1) is 17.7 Å². The smallest absolute Gasteiger partial charge is 0.122 e. The van der Waals surface area contributed by atoms with E-state index in [1.807, 2.05) is 6.07 Å². The van der Waals surface area contributed by atoms with Crippen molar-refractivity contribution in [1.29, 1.82) is 5.26 Å². The van der Waals surface area contributed by atoms with E-state index in [0.29, 0.717) is 11.7 Å². The minimum Gasteiger partial charge on any atom is -0.490 e. The van der Waals surface area contributed by atoms with E-state index in [1.54, 1.807) is 12.1 Å². The monoisotopic (exact) mass is 265 g/mol. The SMILES string of the molecule is N#Cc1cc(Br)cc(OC2CCCC2)c1. The third-order valence-electron chi connectivity index (χ3n) is 2.61. The highest BCUT2D eigenvalue weighted by Crippen LogP contribution is 2.27. The zero-order chi connectivity index (χ0) is 10.7. The molecule has 2 nitrogen and oxygen atoms in total. The van der Waals surface area contributed by atoms with Crippen LogP contribution in [-0.2, 0) is 0 Å². The zero-order valence-corrected chi connectivity index (χ0v) is 9.96. The average Bonchev–Trinajstić information content (AvgIpc) is 2.69. The van der Waals surface area contributed by atoms with Crippen molar-refractivity contribution in [2.75, 3.05) is 0 Å². The highest BCUT2D eigenvalue weighted by Gasteiger charge is 2.16. The van der Waals surface area contributed by atoms with Crippen LogP contribution in [0.15, 0.2) is 22.7 Å². The number of hydrogen-bond donors (Lipinski definition) is 0. The van der Waals surface area contributed by atoms with Gasteiger partial charge < -0.3 is 4.74 Å². The molecule has 0 bridgehead atoms. The second kappa shape index (κ2) is 4.67. The van der Waals surface area contributed by atoms with Gasteiger partial charge in [-0.1, -0.05) is 15.9 Å². The van der Waals surface area contributed by atoms with Crippen molar-refractivity contribution in [2.45, 2.75) is 31.8 Å². The highest BCUT2D eigenvalue weighted by molar-refractivity contribution is 9.10. The number of rotatable bonds is 2. The van der Waals surface area contributed by atoms with E-state index >= 15 is 0 Å². The molecule has 3 heteroatoms. The molecule has 0 N–H and O–H groups in total. The first-order valence-corrected chi connectivity index (χ1v) is 5.94. The molecule has 0 aliphatic heterocycles. The number of halogens is 1. The molecule has 0 atom stereocenters. The van der Waals surface area contributed by atoms with Crippen molar-refractivity contribution in [3.05, 3.63) is 28.2 Å². The Kier molecular flexibility index (Phi) is 3.27. The maximum absolute atomic E-state index is 8.82. The molecule has 1 aromatic rings. The number of benzene rings is 1. The molecule has 0 spiro atoms. The quantitative estimate of drug-likeness (QED) is 0.818. The van der Waals surface area contributed by atoms with E-state index in [-0.39, 0.29) is 0 Å². The molecule has 0 radical (unpaired) electrons. The summed E-state index contributed by atoms with van der Waals surface area (Å²) in [5.74, 6) is 0.799. The summed E-state index contributed by atoms with van der Waals surface area (Å²) in [6, 6.07) is 7.63. The fraction of sp³-hybridized carbons (Fsp3) is 0.417. The standard InChI is InChI=1S/C12H12BrNO/c13-10-5-9(8-14)6-12(7-10)15-11-3-1-2-4-11/h5-7,11H,1-4H2. The second-order valence-corrected chi connectivity index (χ2v) is 4.73. The molecule has 1 aliphatic carbocycles. The number of ether oxygens (including phenoxy) is 1. The highest BCUT2D eigenvalue weighted by atomic mass is 79.9. The molecule has 1 aromatic carbocycles. The first-order chi connectivity index (χ1) is 7.28. The molecule has 0 amide bonds. The summed E-state index contributed by atoms with van der Waals surface area (Å²) in [7, 11) is 0. The van der Waals surface area contributed by atoms with Crippen LogP contribution in [-0.4, -0.2) is 6.10 Å². The third-order valence-corrected chi connectivity index (χ3v) is 3.06. The predicted octanol–water partition coefficient (Wildman–Crippen LogP) is 3.64. The van der Waals surface area contributed by atoms with Gasteiger partial charge in [0.2, 0.25) is 0 Å². The Morgan fingerprint density at radius 3 is 2.67 bits per heavy atom. The van der Waals surface area contributed by atoms with Crippen molar-refractivity contribution in [3.63, 3.8) is 0 Å². The normalized spacial score (nSPS) is 16.3. The molecule has 78 valence electrons. The van der Waals surface area contributed by atoms with Gasteiger partial charge in [-0.2, -0.15) is 5.26 Å². The Balaban J connectivity index is 2.13. The van der Waals surface area contributed by atoms with E-state index in [9.17, 15) is 0 Å². The molecule has 0 unspecified atom stereocenters. The number of nitriles is 1. The third kappa shape index (κ3) is 2.73. The van der Waals surface area contributed by atoms with Gasteiger partial charge in [0, 0.05) is 4.47 Å². The van der Waals surface area contributed by atoms with E-state index < -0.39 is 0 Å². The van der Waals surface area contributed by atoms with Gasteiger partial charge in [-0.25, -0.2) is 0 Å². The Labute approximate surface area is 98.0 Å². The van der Waals surface area contributed by atoms with Crippen molar-refractivity contribution in [1.82, 2.24) is 0 Å².